The highest BCUT2D eigenvalue weighted by atomic mass is 127. The first-order valence-corrected chi connectivity index (χ1v) is 9.99. The number of halogens is 2. The first-order valence-electron chi connectivity index (χ1n) is 8.12. The molecule has 1 aliphatic heterocycles. The quantitative estimate of drug-likeness (QED) is 0.363. The lowest BCUT2D eigenvalue weighted by Crippen LogP contribution is -2.28. The van der Waals surface area contributed by atoms with E-state index in [-0.39, 0.29) is 0 Å². The van der Waals surface area contributed by atoms with Gasteiger partial charge in [-0.1, -0.05) is 101 Å². The van der Waals surface area contributed by atoms with Crippen molar-refractivity contribution >= 4 is 38.5 Å². The van der Waals surface area contributed by atoms with Gasteiger partial charge in [-0.3, -0.25) is 0 Å². The molecule has 124 valence electrons. The molecule has 0 amide bonds. The van der Waals surface area contributed by atoms with E-state index in [9.17, 15) is 0 Å². The summed E-state index contributed by atoms with van der Waals surface area (Å²) >= 11 is 6.08. The van der Waals surface area contributed by atoms with Crippen LogP contribution in [0.25, 0.3) is 11.1 Å². The van der Waals surface area contributed by atoms with Gasteiger partial charge >= 0.3 is 0 Å². The van der Waals surface area contributed by atoms with Crippen LogP contribution >= 0.6 is 38.5 Å². The number of ether oxygens (including phenoxy) is 1. The fourth-order valence-electron chi connectivity index (χ4n) is 3.28. The third-order valence-electron chi connectivity index (χ3n) is 4.54. The molecule has 3 aromatic carbocycles. The van der Waals surface area contributed by atoms with E-state index < -0.39 is 5.60 Å². The summed E-state index contributed by atoms with van der Waals surface area (Å²) < 4.78 is 8.65. The topological polar surface area (TPSA) is 9.23 Å². The second-order valence-electron chi connectivity index (χ2n) is 6.00. The van der Waals surface area contributed by atoms with Gasteiger partial charge in [0.15, 0.2) is 5.60 Å². The summed E-state index contributed by atoms with van der Waals surface area (Å²) in [5, 5.41) is 0. The summed E-state index contributed by atoms with van der Waals surface area (Å²) in [5.41, 5.74) is 4.21. The second kappa shape index (κ2) is 7.06. The van der Waals surface area contributed by atoms with Crippen molar-refractivity contribution in [3.8, 4) is 11.1 Å². The van der Waals surface area contributed by atoms with Crippen LogP contribution in [-0.4, -0.2) is 6.61 Å². The van der Waals surface area contributed by atoms with Crippen molar-refractivity contribution in [2.75, 3.05) is 6.61 Å². The Morgan fingerprint density at radius 3 is 1.80 bits per heavy atom. The summed E-state index contributed by atoms with van der Waals surface area (Å²) in [5.74, 6) is 0. The van der Waals surface area contributed by atoms with Crippen molar-refractivity contribution < 1.29 is 4.74 Å². The highest BCUT2D eigenvalue weighted by Crippen LogP contribution is 2.50. The van der Waals surface area contributed by atoms with Crippen LogP contribution < -0.4 is 0 Å². The molecule has 4 rings (SSSR count). The molecule has 1 unspecified atom stereocenters. The maximum absolute atomic E-state index is 6.35. The molecule has 0 radical (unpaired) electrons. The molecular weight excluding hydrogens is 487 g/mol. The molecule has 0 saturated carbocycles. The van der Waals surface area contributed by atoms with E-state index in [0.29, 0.717) is 6.61 Å². The first kappa shape index (κ1) is 17.0. The van der Waals surface area contributed by atoms with Crippen LogP contribution in [0.2, 0.25) is 0 Å². The van der Waals surface area contributed by atoms with Crippen molar-refractivity contribution in [2.45, 2.75) is 5.60 Å². The highest BCUT2D eigenvalue weighted by Gasteiger charge is 2.43. The zero-order valence-corrected chi connectivity index (χ0v) is 17.2. The lowest BCUT2D eigenvalue weighted by atomic mass is 9.85. The number of hydrogen-bond acceptors (Lipinski definition) is 1. The number of benzene rings is 3. The lowest BCUT2D eigenvalue weighted by molar-refractivity contribution is 0.0556. The Morgan fingerprint density at radius 2 is 1.24 bits per heavy atom. The van der Waals surface area contributed by atoms with Crippen LogP contribution in [0.4, 0.5) is 0 Å². The Hall–Kier alpha value is -1.43. The molecule has 0 aromatic heterocycles. The van der Waals surface area contributed by atoms with Crippen LogP contribution in [-0.2, 0) is 10.3 Å². The van der Waals surface area contributed by atoms with Crippen LogP contribution in [0, 0.1) is 0 Å². The minimum atomic E-state index is -0.532. The van der Waals surface area contributed by atoms with Gasteiger partial charge in [-0.05, 0) is 44.8 Å². The standard InChI is InChI=1S/C22H16BrIO/c23-20-15-25-22(21(20)24,18-9-5-2-6-10-18)19-13-11-17(12-14-19)16-7-3-1-4-8-16/h1-14H,15H2. The highest BCUT2D eigenvalue weighted by molar-refractivity contribution is 14.1. The van der Waals surface area contributed by atoms with Gasteiger partial charge in [0.2, 0.25) is 0 Å². The average Bonchev–Trinajstić information content (AvgIpc) is 2.99. The van der Waals surface area contributed by atoms with Gasteiger partial charge in [-0.15, -0.1) is 0 Å². The van der Waals surface area contributed by atoms with E-state index in [4.69, 9.17) is 4.74 Å². The Bertz CT molecular complexity index is 904. The molecule has 1 atom stereocenters. The largest absolute Gasteiger partial charge is 0.355 e. The summed E-state index contributed by atoms with van der Waals surface area (Å²) in [4.78, 5) is 0. The maximum atomic E-state index is 6.35. The Morgan fingerprint density at radius 1 is 0.720 bits per heavy atom. The van der Waals surface area contributed by atoms with Crippen molar-refractivity contribution in [3.63, 3.8) is 0 Å². The Balaban J connectivity index is 1.82. The van der Waals surface area contributed by atoms with Gasteiger partial charge in [-0.2, -0.15) is 0 Å². The van der Waals surface area contributed by atoms with Crippen LogP contribution in [0.1, 0.15) is 11.1 Å². The lowest BCUT2D eigenvalue weighted by Gasteiger charge is -2.31. The summed E-state index contributed by atoms with van der Waals surface area (Å²) in [6, 6.07) is 29.6. The molecule has 0 aliphatic carbocycles. The molecule has 0 fully saturated rings. The maximum Gasteiger partial charge on any atom is 0.150 e. The smallest absolute Gasteiger partial charge is 0.150 e. The SMILES string of the molecule is BrC1=C(I)C(c2ccccc2)(c2ccc(-c3ccccc3)cc2)OC1. The summed E-state index contributed by atoms with van der Waals surface area (Å²) in [6.07, 6.45) is 0. The molecule has 0 saturated heterocycles. The second-order valence-corrected chi connectivity index (χ2v) is 8.03. The van der Waals surface area contributed by atoms with Crippen LogP contribution in [0.5, 0.6) is 0 Å². The van der Waals surface area contributed by atoms with E-state index in [0.717, 1.165) is 15.6 Å². The van der Waals surface area contributed by atoms with Crippen LogP contribution in [0.15, 0.2) is 93.0 Å². The molecule has 3 heteroatoms. The van der Waals surface area contributed by atoms with E-state index in [1.54, 1.807) is 0 Å². The molecule has 0 N–H and O–H groups in total. The molecule has 25 heavy (non-hydrogen) atoms. The van der Waals surface area contributed by atoms with E-state index >= 15 is 0 Å². The number of hydrogen-bond donors (Lipinski definition) is 0. The van der Waals surface area contributed by atoms with Crippen LogP contribution in [0.3, 0.4) is 0 Å². The minimum Gasteiger partial charge on any atom is -0.355 e. The normalized spacial score (nSPS) is 20.1. The third kappa shape index (κ3) is 2.98. The predicted octanol–water partition coefficient (Wildman–Crippen LogP) is 6.67. The van der Waals surface area contributed by atoms with E-state index in [1.165, 1.54) is 14.7 Å². The van der Waals surface area contributed by atoms with Gasteiger partial charge in [0.05, 0.1) is 6.61 Å². The molecule has 3 aromatic rings. The monoisotopic (exact) mass is 502 g/mol. The Labute approximate surface area is 170 Å². The van der Waals surface area contributed by atoms with Crippen molar-refractivity contribution in [1.82, 2.24) is 0 Å². The van der Waals surface area contributed by atoms with Crippen molar-refractivity contribution in [2.24, 2.45) is 0 Å². The van der Waals surface area contributed by atoms with Crippen molar-refractivity contribution in [1.29, 1.82) is 0 Å². The zero-order valence-electron chi connectivity index (χ0n) is 13.5. The van der Waals surface area contributed by atoms with Gasteiger partial charge in [0.25, 0.3) is 0 Å². The molecular formula is C22H16BrIO. The fourth-order valence-corrected chi connectivity index (χ4v) is 4.60. The molecule has 1 nitrogen and oxygen atoms in total. The van der Waals surface area contributed by atoms with Gasteiger partial charge in [-0.25, -0.2) is 0 Å². The Kier molecular flexibility index (Phi) is 4.80. The zero-order chi connectivity index (χ0) is 17.3. The van der Waals surface area contributed by atoms with Gasteiger partial charge < -0.3 is 4.74 Å². The first-order chi connectivity index (χ1) is 12.2. The fraction of sp³-hybridized carbons (Fsp3) is 0.0909. The third-order valence-corrected chi connectivity index (χ3v) is 7.32. The molecule has 1 aliphatic rings. The minimum absolute atomic E-state index is 0.532. The summed E-state index contributed by atoms with van der Waals surface area (Å²) in [6.45, 7) is 0.591. The van der Waals surface area contributed by atoms with E-state index in [1.807, 2.05) is 12.1 Å². The number of rotatable bonds is 3. The average molecular weight is 503 g/mol. The van der Waals surface area contributed by atoms with E-state index in [2.05, 4.69) is 111 Å². The summed E-state index contributed by atoms with van der Waals surface area (Å²) in [7, 11) is 0. The van der Waals surface area contributed by atoms with Crippen molar-refractivity contribution in [3.05, 3.63) is 104 Å². The molecule has 0 bridgehead atoms. The molecule has 1 heterocycles. The van der Waals surface area contributed by atoms with Gasteiger partial charge in [0, 0.05) is 8.06 Å². The molecule has 0 spiro atoms. The van der Waals surface area contributed by atoms with Gasteiger partial charge in [0.1, 0.15) is 0 Å². The predicted molar refractivity (Wildman–Crippen MR) is 115 cm³/mol.